The van der Waals surface area contributed by atoms with E-state index in [1.54, 1.807) is 19.2 Å². The van der Waals surface area contributed by atoms with Crippen LogP contribution in [0.3, 0.4) is 0 Å². The van der Waals surface area contributed by atoms with E-state index in [1.807, 2.05) is 12.1 Å². The van der Waals surface area contributed by atoms with Crippen molar-refractivity contribution in [2.45, 2.75) is 25.2 Å². The number of rotatable bonds is 4. The van der Waals surface area contributed by atoms with E-state index in [0.29, 0.717) is 12.3 Å². The molecule has 0 aromatic heterocycles. The van der Waals surface area contributed by atoms with Crippen molar-refractivity contribution in [2.24, 2.45) is 0 Å². The van der Waals surface area contributed by atoms with Gasteiger partial charge in [-0.2, -0.15) is 0 Å². The number of carbonyl (C=O) groups is 2. The predicted molar refractivity (Wildman–Crippen MR) is 74.9 cm³/mol. The molecule has 1 heterocycles. The minimum Gasteiger partial charge on any atom is -0.480 e. The van der Waals surface area contributed by atoms with Crippen molar-refractivity contribution < 1.29 is 24.5 Å². The number of aliphatic hydroxyl groups excluding tert-OH is 1. The second kappa shape index (κ2) is 6.55. The molecular weight excluding hydrogens is 276 g/mol. The lowest BCUT2D eigenvalue weighted by atomic mass is 10.2. The number of nitrogens with one attached hydrogen (secondary N) is 1. The van der Waals surface area contributed by atoms with Crippen LogP contribution in [0.25, 0.3) is 0 Å². The number of nitrogens with zero attached hydrogens (tertiary/aromatic N) is 1. The van der Waals surface area contributed by atoms with E-state index in [4.69, 9.17) is 9.84 Å². The number of urea groups is 1. The van der Waals surface area contributed by atoms with Crippen LogP contribution < -0.4 is 5.32 Å². The van der Waals surface area contributed by atoms with Crippen molar-refractivity contribution >= 4 is 17.7 Å². The molecule has 2 rings (SSSR count). The molecule has 0 saturated carbocycles. The number of para-hydroxylation sites is 1. The third-order valence-electron chi connectivity index (χ3n) is 3.38. The maximum atomic E-state index is 12.2. The average Bonchev–Trinajstić information content (AvgIpc) is 2.84. The van der Waals surface area contributed by atoms with E-state index in [-0.39, 0.29) is 13.0 Å². The Balaban J connectivity index is 2.12. The van der Waals surface area contributed by atoms with Crippen LogP contribution in [0.1, 0.15) is 12.0 Å². The second-order valence-corrected chi connectivity index (χ2v) is 4.92. The van der Waals surface area contributed by atoms with Gasteiger partial charge in [0.25, 0.3) is 0 Å². The smallest absolute Gasteiger partial charge is 0.326 e. The summed E-state index contributed by atoms with van der Waals surface area (Å²) in [6, 6.07) is 5.57. The summed E-state index contributed by atoms with van der Waals surface area (Å²) in [5, 5.41) is 21.3. The highest BCUT2D eigenvalue weighted by molar-refractivity contribution is 5.93. The number of benzene rings is 1. The third kappa shape index (κ3) is 3.50. The van der Waals surface area contributed by atoms with Gasteiger partial charge in [-0.1, -0.05) is 18.2 Å². The van der Waals surface area contributed by atoms with E-state index < -0.39 is 24.1 Å². The fourth-order valence-corrected chi connectivity index (χ4v) is 2.38. The minimum atomic E-state index is -1.12. The predicted octanol–water partition coefficient (Wildman–Crippen LogP) is 0.885. The van der Waals surface area contributed by atoms with Gasteiger partial charge in [-0.15, -0.1) is 0 Å². The molecule has 0 bridgehead atoms. The number of β-amino-alcohol motifs (C(OH)–C–C–N with tert-alkyl or cyclic N) is 1. The summed E-state index contributed by atoms with van der Waals surface area (Å²) in [7, 11) is 1.55. The maximum absolute atomic E-state index is 12.2. The Morgan fingerprint density at radius 1 is 1.43 bits per heavy atom. The lowest BCUT2D eigenvalue weighted by Crippen LogP contribution is -2.43. The number of hydrogen-bond acceptors (Lipinski definition) is 4. The Kier molecular flexibility index (Phi) is 4.77. The molecule has 1 aromatic rings. The zero-order valence-electron chi connectivity index (χ0n) is 11.7. The summed E-state index contributed by atoms with van der Waals surface area (Å²) in [4.78, 5) is 24.5. The molecule has 7 heteroatoms. The Labute approximate surface area is 122 Å². The summed E-state index contributed by atoms with van der Waals surface area (Å²) < 4.78 is 5.05. The van der Waals surface area contributed by atoms with Crippen LogP contribution in [-0.2, 0) is 16.1 Å². The standard InChI is InChI=1S/C14H18N2O5/c1-21-8-9-4-2-3-5-11(9)15-14(20)16-7-10(17)6-12(16)13(18)19/h2-5,10,12,17H,6-8H2,1H3,(H,15,20)(H,18,19)/t10-,12-/m0/s1. The molecule has 114 valence electrons. The van der Waals surface area contributed by atoms with Gasteiger partial charge in [-0.25, -0.2) is 9.59 Å². The third-order valence-corrected chi connectivity index (χ3v) is 3.38. The minimum absolute atomic E-state index is 0.00917. The number of hydrogen-bond donors (Lipinski definition) is 3. The molecular formula is C14H18N2O5. The molecule has 0 unspecified atom stereocenters. The van der Waals surface area contributed by atoms with Crippen LogP contribution in [0, 0.1) is 0 Å². The van der Waals surface area contributed by atoms with Crippen LogP contribution in [0.15, 0.2) is 24.3 Å². The van der Waals surface area contributed by atoms with Crippen molar-refractivity contribution in [3.63, 3.8) is 0 Å². The number of anilines is 1. The van der Waals surface area contributed by atoms with Crippen LogP contribution in [0.2, 0.25) is 0 Å². The number of carbonyl (C=O) groups excluding carboxylic acids is 1. The Hall–Kier alpha value is -2.12. The monoisotopic (exact) mass is 294 g/mol. The first-order valence-electron chi connectivity index (χ1n) is 6.58. The van der Waals surface area contributed by atoms with E-state index in [1.165, 1.54) is 0 Å². The lowest BCUT2D eigenvalue weighted by molar-refractivity contribution is -0.141. The Morgan fingerprint density at radius 3 is 2.81 bits per heavy atom. The number of carboxylic acid groups (broad SMARTS) is 1. The van der Waals surface area contributed by atoms with E-state index in [2.05, 4.69) is 5.32 Å². The molecule has 1 saturated heterocycles. The Bertz CT molecular complexity index is 534. The summed E-state index contributed by atoms with van der Waals surface area (Å²) in [5.41, 5.74) is 1.36. The van der Waals surface area contributed by atoms with Gasteiger partial charge in [-0.05, 0) is 6.07 Å². The fraction of sp³-hybridized carbons (Fsp3) is 0.429. The largest absolute Gasteiger partial charge is 0.480 e. The van der Waals surface area contributed by atoms with Crippen LogP contribution >= 0.6 is 0 Å². The molecule has 3 N–H and O–H groups in total. The number of amides is 2. The molecule has 1 aromatic carbocycles. The first-order valence-corrected chi connectivity index (χ1v) is 6.58. The maximum Gasteiger partial charge on any atom is 0.326 e. The molecule has 1 aliphatic heterocycles. The number of likely N-dealkylation sites (tertiary alicyclic amines) is 1. The number of carboxylic acids is 1. The van der Waals surface area contributed by atoms with E-state index >= 15 is 0 Å². The van der Waals surface area contributed by atoms with Gasteiger partial charge in [-0.3, -0.25) is 0 Å². The quantitative estimate of drug-likeness (QED) is 0.765. The van der Waals surface area contributed by atoms with Crippen molar-refractivity contribution in [1.29, 1.82) is 0 Å². The van der Waals surface area contributed by atoms with Gasteiger partial charge in [0, 0.05) is 31.3 Å². The molecule has 0 radical (unpaired) electrons. The van der Waals surface area contributed by atoms with E-state index in [9.17, 15) is 14.7 Å². The zero-order chi connectivity index (χ0) is 15.4. The van der Waals surface area contributed by atoms with Crippen molar-refractivity contribution in [3.8, 4) is 0 Å². The van der Waals surface area contributed by atoms with Crippen LogP contribution in [0.5, 0.6) is 0 Å². The number of aliphatic carboxylic acids is 1. The normalized spacial score (nSPS) is 21.3. The lowest BCUT2D eigenvalue weighted by Gasteiger charge is -2.22. The molecule has 2 atom stereocenters. The molecule has 7 nitrogen and oxygen atoms in total. The van der Waals surface area contributed by atoms with Gasteiger partial charge in [0.15, 0.2) is 0 Å². The van der Waals surface area contributed by atoms with Crippen molar-refractivity contribution in [2.75, 3.05) is 19.0 Å². The molecule has 1 aliphatic rings. The molecule has 2 amide bonds. The van der Waals surface area contributed by atoms with Crippen molar-refractivity contribution in [1.82, 2.24) is 4.90 Å². The number of methoxy groups -OCH3 is 1. The summed E-state index contributed by atoms with van der Waals surface area (Å²) >= 11 is 0. The molecule has 1 fully saturated rings. The first-order chi connectivity index (χ1) is 10.0. The second-order valence-electron chi connectivity index (χ2n) is 4.92. The summed E-state index contributed by atoms with van der Waals surface area (Å²) in [5.74, 6) is -1.12. The highest BCUT2D eigenvalue weighted by atomic mass is 16.5. The first kappa shape index (κ1) is 15.3. The van der Waals surface area contributed by atoms with E-state index in [0.717, 1.165) is 10.5 Å². The average molecular weight is 294 g/mol. The number of aliphatic hydroxyl groups is 1. The molecule has 21 heavy (non-hydrogen) atoms. The van der Waals surface area contributed by atoms with Gasteiger partial charge < -0.3 is 25.2 Å². The Morgan fingerprint density at radius 2 is 2.14 bits per heavy atom. The highest BCUT2D eigenvalue weighted by Gasteiger charge is 2.39. The summed E-state index contributed by atoms with van der Waals surface area (Å²) in [6.07, 6.45) is -0.770. The van der Waals surface area contributed by atoms with Crippen LogP contribution in [0.4, 0.5) is 10.5 Å². The zero-order valence-corrected chi connectivity index (χ0v) is 11.7. The van der Waals surface area contributed by atoms with Crippen LogP contribution in [-0.4, -0.2) is 52.9 Å². The molecule has 0 spiro atoms. The highest BCUT2D eigenvalue weighted by Crippen LogP contribution is 2.21. The van der Waals surface area contributed by atoms with Crippen molar-refractivity contribution in [3.05, 3.63) is 29.8 Å². The topological polar surface area (TPSA) is 99.1 Å². The van der Waals surface area contributed by atoms with Gasteiger partial charge in [0.2, 0.25) is 0 Å². The SMILES string of the molecule is COCc1ccccc1NC(=O)N1C[C@@H](O)C[C@H]1C(=O)O. The molecule has 0 aliphatic carbocycles. The van der Waals surface area contributed by atoms with Gasteiger partial charge in [0.1, 0.15) is 6.04 Å². The summed E-state index contributed by atoms with van der Waals surface area (Å²) in [6.45, 7) is 0.344. The van der Waals surface area contributed by atoms with Gasteiger partial charge >= 0.3 is 12.0 Å². The fourth-order valence-electron chi connectivity index (χ4n) is 2.38. The van der Waals surface area contributed by atoms with Gasteiger partial charge in [0.05, 0.1) is 12.7 Å². The number of ether oxygens (including phenoxy) is 1.